The molecule has 0 saturated carbocycles. The molecular formula is C24H29N5O. The first kappa shape index (κ1) is 20.2. The molecule has 0 aliphatic carbocycles. The third kappa shape index (κ3) is 4.24. The summed E-state index contributed by atoms with van der Waals surface area (Å²) in [4.78, 5) is 18.9. The van der Waals surface area contributed by atoms with Gasteiger partial charge in [-0.2, -0.15) is 0 Å². The predicted molar refractivity (Wildman–Crippen MR) is 120 cm³/mol. The number of imidazole rings is 2. The van der Waals surface area contributed by atoms with Gasteiger partial charge in [0.25, 0.3) is 0 Å². The van der Waals surface area contributed by atoms with Gasteiger partial charge in [-0.1, -0.05) is 30.3 Å². The molecule has 0 aliphatic heterocycles. The summed E-state index contributed by atoms with van der Waals surface area (Å²) in [7, 11) is 3.66. The van der Waals surface area contributed by atoms with Gasteiger partial charge in [-0.05, 0) is 42.2 Å². The zero-order valence-electron chi connectivity index (χ0n) is 18.0. The number of benzene rings is 2. The lowest BCUT2D eigenvalue weighted by molar-refractivity contribution is 0.248. The standard InChI is InChI=1S/C24H29N5O/c1-19-7-4-5-8-21(19)17-29(13-6-12-28-14-11-25-18-28)16-20-9-10-22-23(15-20)27(3)24(30)26(22)2/h4-5,7-11,14-15,18H,6,12-13,16-17H2,1-3H3. The monoisotopic (exact) mass is 403 g/mol. The van der Waals surface area contributed by atoms with Crippen LogP contribution in [0.1, 0.15) is 23.1 Å². The SMILES string of the molecule is Cc1ccccc1CN(CCCn1ccnc1)Cc1ccc2c(c1)n(C)c(=O)n2C. The predicted octanol–water partition coefficient (Wildman–Crippen LogP) is 3.47. The first-order valence-electron chi connectivity index (χ1n) is 10.4. The summed E-state index contributed by atoms with van der Waals surface area (Å²) >= 11 is 0. The third-order valence-electron chi connectivity index (χ3n) is 5.85. The quantitative estimate of drug-likeness (QED) is 0.453. The van der Waals surface area contributed by atoms with E-state index in [1.54, 1.807) is 9.13 Å². The van der Waals surface area contributed by atoms with Crippen molar-refractivity contribution in [3.8, 4) is 0 Å². The second-order valence-corrected chi connectivity index (χ2v) is 8.01. The van der Waals surface area contributed by atoms with Crippen LogP contribution in [0.3, 0.4) is 0 Å². The Morgan fingerprint density at radius 3 is 2.57 bits per heavy atom. The molecule has 0 unspecified atom stereocenters. The Morgan fingerprint density at radius 1 is 1.00 bits per heavy atom. The van der Waals surface area contributed by atoms with Gasteiger partial charge in [-0.15, -0.1) is 0 Å². The van der Waals surface area contributed by atoms with Gasteiger partial charge >= 0.3 is 5.69 Å². The molecule has 4 rings (SSSR count). The molecule has 0 atom stereocenters. The normalized spacial score (nSPS) is 11.6. The van der Waals surface area contributed by atoms with Crippen molar-refractivity contribution in [1.82, 2.24) is 23.6 Å². The van der Waals surface area contributed by atoms with E-state index < -0.39 is 0 Å². The van der Waals surface area contributed by atoms with E-state index in [1.807, 2.05) is 32.8 Å². The van der Waals surface area contributed by atoms with E-state index in [-0.39, 0.29) is 5.69 Å². The smallest absolute Gasteiger partial charge is 0.328 e. The molecule has 0 saturated heterocycles. The number of fused-ring (bicyclic) bond motifs is 1. The molecule has 30 heavy (non-hydrogen) atoms. The van der Waals surface area contributed by atoms with Gasteiger partial charge in [-0.25, -0.2) is 9.78 Å². The van der Waals surface area contributed by atoms with Crippen LogP contribution in [0.4, 0.5) is 0 Å². The fourth-order valence-corrected chi connectivity index (χ4v) is 4.05. The van der Waals surface area contributed by atoms with Gasteiger partial charge in [0.15, 0.2) is 0 Å². The highest BCUT2D eigenvalue weighted by atomic mass is 16.1. The molecule has 0 amide bonds. The molecule has 0 aliphatic rings. The van der Waals surface area contributed by atoms with E-state index in [4.69, 9.17) is 0 Å². The van der Waals surface area contributed by atoms with Gasteiger partial charge in [0, 0.05) is 52.7 Å². The minimum absolute atomic E-state index is 0.0132. The molecule has 0 radical (unpaired) electrons. The molecule has 6 heteroatoms. The van der Waals surface area contributed by atoms with Crippen LogP contribution in [0.15, 0.2) is 66.0 Å². The Hall–Kier alpha value is -3.12. The van der Waals surface area contributed by atoms with Crippen molar-refractivity contribution < 1.29 is 0 Å². The highest BCUT2D eigenvalue weighted by molar-refractivity contribution is 5.76. The van der Waals surface area contributed by atoms with Gasteiger partial charge in [0.2, 0.25) is 0 Å². The lowest BCUT2D eigenvalue weighted by Crippen LogP contribution is -2.25. The highest BCUT2D eigenvalue weighted by Crippen LogP contribution is 2.18. The van der Waals surface area contributed by atoms with Crippen molar-refractivity contribution in [2.45, 2.75) is 33.0 Å². The maximum Gasteiger partial charge on any atom is 0.328 e. The number of hydrogen-bond acceptors (Lipinski definition) is 3. The van der Waals surface area contributed by atoms with Gasteiger partial charge in [0.05, 0.1) is 17.4 Å². The molecule has 2 aromatic carbocycles. The van der Waals surface area contributed by atoms with Gasteiger partial charge in [0.1, 0.15) is 0 Å². The number of hydrogen-bond donors (Lipinski definition) is 0. The second kappa shape index (κ2) is 8.71. The molecule has 2 heterocycles. The van der Waals surface area contributed by atoms with E-state index in [0.717, 1.165) is 43.6 Å². The Bertz CT molecular complexity index is 1190. The number of rotatable bonds is 8. The molecule has 2 aromatic heterocycles. The molecule has 0 fully saturated rings. The lowest BCUT2D eigenvalue weighted by Gasteiger charge is -2.24. The van der Waals surface area contributed by atoms with Crippen LogP contribution in [0.2, 0.25) is 0 Å². The Morgan fingerprint density at radius 2 is 1.80 bits per heavy atom. The van der Waals surface area contributed by atoms with Crippen molar-refractivity contribution in [3.63, 3.8) is 0 Å². The Balaban J connectivity index is 1.55. The molecular weight excluding hydrogens is 374 g/mol. The molecule has 0 spiro atoms. The van der Waals surface area contributed by atoms with Crippen LogP contribution in [0, 0.1) is 6.92 Å². The summed E-state index contributed by atoms with van der Waals surface area (Å²) in [5, 5.41) is 0. The Labute approximate surface area is 177 Å². The van der Waals surface area contributed by atoms with Crippen LogP contribution >= 0.6 is 0 Å². The van der Waals surface area contributed by atoms with Gasteiger partial charge in [-0.3, -0.25) is 14.0 Å². The van der Waals surface area contributed by atoms with Crippen molar-refractivity contribution in [2.75, 3.05) is 6.54 Å². The van der Waals surface area contributed by atoms with Crippen molar-refractivity contribution in [2.24, 2.45) is 14.1 Å². The molecule has 0 N–H and O–H groups in total. The average molecular weight is 404 g/mol. The first-order valence-corrected chi connectivity index (χ1v) is 10.4. The zero-order valence-corrected chi connectivity index (χ0v) is 18.0. The molecule has 156 valence electrons. The van der Waals surface area contributed by atoms with Crippen LogP contribution in [0.25, 0.3) is 11.0 Å². The lowest BCUT2D eigenvalue weighted by atomic mass is 10.1. The number of aromatic nitrogens is 4. The third-order valence-corrected chi connectivity index (χ3v) is 5.85. The van der Waals surface area contributed by atoms with Gasteiger partial charge < -0.3 is 4.57 Å². The molecule has 4 aromatic rings. The largest absolute Gasteiger partial charge is 0.337 e. The van der Waals surface area contributed by atoms with E-state index in [2.05, 4.69) is 63.8 Å². The molecule has 6 nitrogen and oxygen atoms in total. The summed E-state index contributed by atoms with van der Waals surface area (Å²) in [6.45, 7) is 5.86. The summed E-state index contributed by atoms with van der Waals surface area (Å²) < 4.78 is 5.55. The maximum absolute atomic E-state index is 12.3. The minimum Gasteiger partial charge on any atom is -0.337 e. The van der Waals surface area contributed by atoms with E-state index in [1.165, 1.54) is 16.7 Å². The van der Waals surface area contributed by atoms with E-state index in [0.29, 0.717) is 0 Å². The summed E-state index contributed by atoms with van der Waals surface area (Å²) in [6.07, 6.45) is 6.75. The van der Waals surface area contributed by atoms with E-state index >= 15 is 0 Å². The number of nitrogens with zero attached hydrogens (tertiary/aromatic N) is 5. The number of aryl methyl sites for hydroxylation is 4. The fourth-order valence-electron chi connectivity index (χ4n) is 4.05. The van der Waals surface area contributed by atoms with Crippen LogP contribution in [-0.2, 0) is 33.7 Å². The minimum atomic E-state index is 0.0132. The maximum atomic E-state index is 12.3. The van der Waals surface area contributed by atoms with Crippen molar-refractivity contribution in [1.29, 1.82) is 0 Å². The fraction of sp³-hybridized carbons (Fsp3) is 0.333. The summed E-state index contributed by atoms with van der Waals surface area (Å²) in [5.74, 6) is 0. The summed E-state index contributed by atoms with van der Waals surface area (Å²) in [5.41, 5.74) is 5.86. The Kier molecular flexibility index (Phi) is 5.86. The first-order chi connectivity index (χ1) is 14.5. The van der Waals surface area contributed by atoms with E-state index in [9.17, 15) is 4.79 Å². The average Bonchev–Trinajstić information content (AvgIpc) is 3.33. The van der Waals surface area contributed by atoms with Crippen molar-refractivity contribution >= 4 is 11.0 Å². The van der Waals surface area contributed by atoms with Crippen LogP contribution in [-0.4, -0.2) is 30.1 Å². The zero-order chi connectivity index (χ0) is 21.1. The molecule has 0 bridgehead atoms. The van der Waals surface area contributed by atoms with Crippen LogP contribution in [0.5, 0.6) is 0 Å². The van der Waals surface area contributed by atoms with Crippen molar-refractivity contribution in [3.05, 3.63) is 88.4 Å². The highest BCUT2D eigenvalue weighted by Gasteiger charge is 2.12. The second-order valence-electron chi connectivity index (χ2n) is 8.01. The topological polar surface area (TPSA) is 48.0 Å². The summed E-state index contributed by atoms with van der Waals surface area (Å²) in [6, 6.07) is 14.9. The van der Waals surface area contributed by atoms with Crippen LogP contribution < -0.4 is 5.69 Å².